The first kappa shape index (κ1) is 11.3. The molecule has 0 aromatic heterocycles. The molecule has 2 fully saturated rings. The fraction of sp³-hybridized carbons (Fsp3) is 0.917. The number of nitrogens with zero attached hydrogens (tertiary/aromatic N) is 1. The molecule has 0 bridgehead atoms. The van der Waals surface area contributed by atoms with Gasteiger partial charge >= 0.3 is 0 Å². The fourth-order valence-corrected chi connectivity index (χ4v) is 4.33. The van der Waals surface area contributed by atoms with Gasteiger partial charge in [-0.3, -0.25) is 4.79 Å². The third-order valence-corrected chi connectivity index (χ3v) is 5.35. The maximum Gasteiger partial charge on any atom is 0.226 e. The smallest absolute Gasteiger partial charge is 0.226 e. The van der Waals surface area contributed by atoms with E-state index in [1.54, 1.807) is 0 Å². The van der Waals surface area contributed by atoms with Gasteiger partial charge in [0.2, 0.25) is 5.91 Å². The molecule has 2 aliphatic heterocycles. The Bertz CT molecular complexity index is 277. The molecule has 3 heteroatoms. The largest absolute Gasteiger partial charge is 0.327 e. The summed E-state index contributed by atoms with van der Waals surface area (Å²) in [5.74, 6) is 1.73. The van der Waals surface area contributed by atoms with Crippen LogP contribution in [0.5, 0.6) is 0 Å². The van der Waals surface area contributed by atoms with Gasteiger partial charge in [0.25, 0.3) is 0 Å². The average Bonchev–Trinajstić information content (AvgIpc) is 2.27. The number of hydrogen-bond donors (Lipinski definition) is 0. The van der Waals surface area contributed by atoms with E-state index in [0.29, 0.717) is 17.3 Å². The van der Waals surface area contributed by atoms with Gasteiger partial charge in [-0.25, -0.2) is 0 Å². The van der Waals surface area contributed by atoms with E-state index in [2.05, 4.69) is 32.6 Å². The lowest BCUT2D eigenvalue weighted by Gasteiger charge is -2.31. The number of rotatable bonds is 0. The molecular formula is C12H21NOS. The number of hydrogen-bond acceptors (Lipinski definition) is 2. The summed E-state index contributed by atoms with van der Waals surface area (Å²) >= 11 is 1.97. The second kappa shape index (κ2) is 3.69. The Morgan fingerprint density at radius 1 is 1.40 bits per heavy atom. The summed E-state index contributed by atoms with van der Waals surface area (Å²) in [4.78, 5) is 14.4. The van der Waals surface area contributed by atoms with Crippen molar-refractivity contribution in [3.05, 3.63) is 0 Å². The molecule has 0 aromatic carbocycles. The standard InChI is InChI=1S/C12H21NOS/c1-8-5-6-15-10-7-12(3,4)9(2)13(10)11(8)14/h8-10H,5-7H2,1-4H3. The molecule has 3 unspecified atom stereocenters. The summed E-state index contributed by atoms with van der Waals surface area (Å²) in [6.45, 7) is 8.84. The van der Waals surface area contributed by atoms with E-state index in [9.17, 15) is 4.79 Å². The Balaban J connectivity index is 2.26. The molecule has 2 rings (SSSR count). The molecule has 2 aliphatic rings. The molecule has 1 amide bonds. The zero-order chi connectivity index (χ0) is 11.2. The van der Waals surface area contributed by atoms with Crippen LogP contribution < -0.4 is 0 Å². The number of amides is 1. The third kappa shape index (κ3) is 1.79. The Morgan fingerprint density at radius 2 is 2.07 bits per heavy atom. The lowest BCUT2D eigenvalue weighted by atomic mass is 9.85. The summed E-state index contributed by atoms with van der Waals surface area (Å²) in [6.07, 6.45) is 2.20. The summed E-state index contributed by atoms with van der Waals surface area (Å²) in [7, 11) is 0. The van der Waals surface area contributed by atoms with Gasteiger partial charge in [-0.05, 0) is 30.9 Å². The van der Waals surface area contributed by atoms with Crippen LogP contribution in [0.1, 0.15) is 40.5 Å². The Hall–Kier alpha value is -0.180. The molecule has 0 aromatic rings. The summed E-state index contributed by atoms with van der Waals surface area (Å²) in [5.41, 5.74) is 0.282. The maximum absolute atomic E-state index is 12.2. The third-order valence-electron chi connectivity index (χ3n) is 4.10. The topological polar surface area (TPSA) is 20.3 Å². The van der Waals surface area contributed by atoms with Gasteiger partial charge in [-0.1, -0.05) is 20.8 Å². The van der Waals surface area contributed by atoms with E-state index in [1.807, 2.05) is 11.8 Å². The first-order valence-electron chi connectivity index (χ1n) is 5.87. The van der Waals surface area contributed by atoms with Crippen LogP contribution in [0, 0.1) is 11.3 Å². The first-order chi connectivity index (χ1) is 6.93. The molecular weight excluding hydrogens is 206 g/mol. The Morgan fingerprint density at radius 3 is 2.73 bits per heavy atom. The Kier molecular flexibility index (Phi) is 2.78. The molecule has 2 nitrogen and oxygen atoms in total. The molecule has 0 spiro atoms. The van der Waals surface area contributed by atoms with Crippen molar-refractivity contribution in [2.24, 2.45) is 11.3 Å². The SMILES string of the molecule is CC1CCSC2CC(C)(C)C(C)N2C1=O. The zero-order valence-corrected chi connectivity index (χ0v) is 10.9. The van der Waals surface area contributed by atoms with Crippen molar-refractivity contribution in [2.45, 2.75) is 52.0 Å². The second-order valence-corrected chi connectivity index (χ2v) is 6.92. The van der Waals surface area contributed by atoms with Gasteiger partial charge in [0.1, 0.15) is 0 Å². The predicted octanol–water partition coefficient (Wildman–Crippen LogP) is 2.73. The molecule has 86 valence electrons. The van der Waals surface area contributed by atoms with E-state index in [-0.39, 0.29) is 11.3 Å². The van der Waals surface area contributed by atoms with Gasteiger partial charge in [-0.15, -0.1) is 11.8 Å². The minimum Gasteiger partial charge on any atom is -0.327 e. The number of thioether (sulfide) groups is 1. The summed E-state index contributed by atoms with van der Waals surface area (Å²) < 4.78 is 0. The predicted molar refractivity (Wildman–Crippen MR) is 64.7 cm³/mol. The highest BCUT2D eigenvalue weighted by Gasteiger charge is 2.47. The van der Waals surface area contributed by atoms with Crippen molar-refractivity contribution in [3.63, 3.8) is 0 Å². The zero-order valence-electron chi connectivity index (χ0n) is 10.1. The fourth-order valence-electron chi connectivity index (χ4n) is 2.58. The van der Waals surface area contributed by atoms with Crippen molar-refractivity contribution >= 4 is 17.7 Å². The maximum atomic E-state index is 12.2. The van der Waals surface area contributed by atoms with Crippen molar-refractivity contribution in [2.75, 3.05) is 5.75 Å². The Labute approximate surface area is 96.8 Å². The van der Waals surface area contributed by atoms with Crippen LogP contribution >= 0.6 is 11.8 Å². The quantitative estimate of drug-likeness (QED) is 0.634. The molecule has 3 atom stereocenters. The van der Waals surface area contributed by atoms with Crippen LogP contribution in [0.2, 0.25) is 0 Å². The highest BCUT2D eigenvalue weighted by Crippen LogP contribution is 2.46. The monoisotopic (exact) mass is 227 g/mol. The van der Waals surface area contributed by atoms with Crippen LogP contribution in [0.25, 0.3) is 0 Å². The van der Waals surface area contributed by atoms with Gasteiger partial charge < -0.3 is 4.90 Å². The van der Waals surface area contributed by atoms with Crippen molar-refractivity contribution in [3.8, 4) is 0 Å². The molecule has 15 heavy (non-hydrogen) atoms. The van der Waals surface area contributed by atoms with E-state index < -0.39 is 0 Å². The number of carbonyl (C=O) groups is 1. The second-order valence-electron chi connectivity index (χ2n) is 5.63. The number of carbonyl (C=O) groups excluding carboxylic acids is 1. The van der Waals surface area contributed by atoms with E-state index in [4.69, 9.17) is 0 Å². The van der Waals surface area contributed by atoms with Crippen molar-refractivity contribution in [1.29, 1.82) is 0 Å². The van der Waals surface area contributed by atoms with Crippen LogP contribution in [-0.4, -0.2) is 28.0 Å². The lowest BCUT2D eigenvalue weighted by molar-refractivity contribution is -0.136. The molecule has 0 N–H and O–H groups in total. The van der Waals surface area contributed by atoms with Gasteiger partial charge in [-0.2, -0.15) is 0 Å². The molecule has 0 aliphatic carbocycles. The first-order valence-corrected chi connectivity index (χ1v) is 6.92. The molecule has 0 saturated carbocycles. The van der Waals surface area contributed by atoms with Crippen molar-refractivity contribution in [1.82, 2.24) is 4.90 Å². The number of fused-ring (bicyclic) bond motifs is 1. The minimum atomic E-state index is 0.221. The van der Waals surface area contributed by atoms with Crippen LogP contribution in [0.15, 0.2) is 0 Å². The van der Waals surface area contributed by atoms with Crippen molar-refractivity contribution < 1.29 is 4.79 Å². The summed E-state index contributed by atoms with van der Waals surface area (Å²) in [5, 5.41) is 0.437. The van der Waals surface area contributed by atoms with Gasteiger partial charge in [0.15, 0.2) is 0 Å². The summed E-state index contributed by atoms with van der Waals surface area (Å²) in [6, 6.07) is 0.392. The minimum absolute atomic E-state index is 0.221. The highest BCUT2D eigenvalue weighted by atomic mass is 32.2. The van der Waals surface area contributed by atoms with E-state index in [0.717, 1.165) is 18.6 Å². The van der Waals surface area contributed by atoms with Gasteiger partial charge in [0, 0.05) is 12.0 Å². The average molecular weight is 227 g/mol. The molecule has 2 saturated heterocycles. The van der Waals surface area contributed by atoms with Gasteiger partial charge in [0.05, 0.1) is 5.37 Å². The van der Waals surface area contributed by atoms with E-state index in [1.165, 1.54) is 0 Å². The van der Waals surface area contributed by atoms with Crippen LogP contribution in [0.3, 0.4) is 0 Å². The van der Waals surface area contributed by atoms with Crippen LogP contribution in [0.4, 0.5) is 0 Å². The molecule has 2 heterocycles. The normalized spacial score (nSPS) is 40.1. The lowest BCUT2D eigenvalue weighted by Crippen LogP contribution is -2.42. The van der Waals surface area contributed by atoms with Crippen LogP contribution in [-0.2, 0) is 4.79 Å². The highest BCUT2D eigenvalue weighted by molar-refractivity contribution is 7.99. The molecule has 0 radical (unpaired) electrons. The van der Waals surface area contributed by atoms with E-state index >= 15 is 0 Å².